The molecule has 0 aliphatic heterocycles. The number of ether oxygens (including phenoxy) is 1. The van der Waals surface area contributed by atoms with Crippen molar-refractivity contribution in [1.29, 1.82) is 0 Å². The molecule has 0 aliphatic carbocycles. The number of carbonyl (C=O) groups excluding carboxylic acids is 1. The van der Waals surface area contributed by atoms with E-state index in [1.807, 2.05) is 0 Å². The SMILES string of the molecule is CC(NC(=O)C(COC(C)(C)C)NS(=O)(=O)c1ccccc1)C(=O)O. The van der Waals surface area contributed by atoms with Gasteiger partial charge >= 0.3 is 5.97 Å². The second-order valence-corrected chi connectivity index (χ2v) is 8.19. The first-order chi connectivity index (χ1) is 11.4. The van der Waals surface area contributed by atoms with Crippen molar-refractivity contribution in [3.63, 3.8) is 0 Å². The fourth-order valence-corrected chi connectivity index (χ4v) is 2.93. The Balaban J connectivity index is 2.97. The van der Waals surface area contributed by atoms with Crippen LogP contribution in [0.3, 0.4) is 0 Å². The minimum absolute atomic E-state index is 0.00478. The van der Waals surface area contributed by atoms with E-state index in [0.29, 0.717) is 0 Å². The molecule has 0 saturated heterocycles. The molecule has 8 nitrogen and oxygen atoms in total. The largest absolute Gasteiger partial charge is 0.480 e. The lowest BCUT2D eigenvalue weighted by Gasteiger charge is -2.25. The standard InChI is InChI=1S/C16H24N2O6S/c1-11(15(20)21)17-14(19)13(10-24-16(2,3)4)18-25(22,23)12-8-6-5-7-9-12/h5-9,11,13,18H,10H2,1-4H3,(H,17,19)(H,20,21). The number of carboxylic acid groups (broad SMARTS) is 1. The molecule has 1 aromatic carbocycles. The number of carboxylic acids is 1. The molecule has 140 valence electrons. The van der Waals surface area contributed by atoms with Crippen LogP contribution in [0.15, 0.2) is 35.2 Å². The van der Waals surface area contributed by atoms with Crippen molar-refractivity contribution in [1.82, 2.24) is 10.0 Å². The molecule has 0 bridgehead atoms. The summed E-state index contributed by atoms with van der Waals surface area (Å²) in [6.45, 7) is 6.32. The molecule has 0 spiro atoms. The zero-order valence-electron chi connectivity index (χ0n) is 14.6. The van der Waals surface area contributed by atoms with Gasteiger partial charge in [0, 0.05) is 0 Å². The Labute approximate surface area is 147 Å². The molecule has 1 aromatic rings. The number of hydrogen-bond donors (Lipinski definition) is 3. The highest BCUT2D eigenvalue weighted by atomic mass is 32.2. The maximum atomic E-state index is 12.4. The van der Waals surface area contributed by atoms with Crippen LogP contribution in [0.5, 0.6) is 0 Å². The Kier molecular flexibility index (Phi) is 7.09. The van der Waals surface area contributed by atoms with E-state index in [2.05, 4.69) is 10.0 Å². The molecule has 0 fully saturated rings. The Morgan fingerprint density at radius 3 is 2.24 bits per heavy atom. The maximum Gasteiger partial charge on any atom is 0.325 e. The van der Waals surface area contributed by atoms with E-state index in [9.17, 15) is 18.0 Å². The van der Waals surface area contributed by atoms with Crippen molar-refractivity contribution in [2.24, 2.45) is 0 Å². The fourth-order valence-electron chi connectivity index (χ4n) is 1.73. The Hall–Kier alpha value is -1.97. The first-order valence-electron chi connectivity index (χ1n) is 7.67. The van der Waals surface area contributed by atoms with Crippen molar-refractivity contribution >= 4 is 21.9 Å². The number of sulfonamides is 1. The van der Waals surface area contributed by atoms with Crippen molar-refractivity contribution in [2.75, 3.05) is 6.61 Å². The van der Waals surface area contributed by atoms with Crippen molar-refractivity contribution < 1.29 is 27.9 Å². The van der Waals surface area contributed by atoms with Crippen LogP contribution in [0.2, 0.25) is 0 Å². The Bertz CT molecular complexity index is 697. The number of nitrogens with one attached hydrogen (secondary N) is 2. The molecule has 0 radical (unpaired) electrons. The Morgan fingerprint density at radius 2 is 1.76 bits per heavy atom. The predicted molar refractivity (Wildman–Crippen MR) is 91.5 cm³/mol. The normalized spacial score (nSPS) is 14.6. The summed E-state index contributed by atoms with van der Waals surface area (Å²) in [5.41, 5.74) is -0.602. The van der Waals surface area contributed by atoms with Crippen LogP contribution in [0.1, 0.15) is 27.7 Å². The molecule has 3 N–H and O–H groups in total. The minimum atomic E-state index is -3.97. The van der Waals surface area contributed by atoms with Crippen molar-refractivity contribution in [2.45, 2.75) is 50.3 Å². The molecule has 2 atom stereocenters. The van der Waals surface area contributed by atoms with E-state index in [0.717, 1.165) is 0 Å². The fraction of sp³-hybridized carbons (Fsp3) is 0.500. The third kappa shape index (κ3) is 7.20. The third-order valence-corrected chi connectivity index (χ3v) is 4.57. The van der Waals surface area contributed by atoms with Gasteiger partial charge in [-0.15, -0.1) is 0 Å². The van der Waals surface area contributed by atoms with Crippen LogP contribution in [0, 0.1) is 0 Å². The number of carbonyl (C=O) groups is 2. The number of benzene rings is 1. The lowest BCUT2D eigenvalue weighted by Crippen LogP contribution is -2.53. The van der Waals surface area contributed by atoms with Gasteiger partial charge in [-0.25, -0.2) is 8.42 Å². The predicted octanol–water partition coefficient (Wildman–Crippen LogP) is 0.738. The van der Waals surface area contributed by atoms with E-state index in [4.69, 9.17) is 9.84 Å². The lowest BCUT2D eigenvalue weighted by atomic mass is 10.2. The molecule has 0 saturated carbocycles. The number of hydrogen-bond acceptors (Lipinski definition) is 5. The first-order valence-corrected chi connectivity index (χ1v) is 9.15. The highest BCUT2D eigenvalue weighted by Gasteiger charge is 2.29. The third-order valence-electron chi connectivity index (χ3n) is 3.08. The second kappa shape index (κ2) is 8.41. The molecular weight excluding hydrogens is 348 g/mol. The molecule has 0 aliphatic rings. The monoisotopic (exact) mass is 372 g/mol. The minimum Gasteiger partial charge on any atom is -0.480 e. The summed E-state index contributed by atoms with van der Waals surface area (Å²) in [7, 11) is -3.97. The van der Waals surface area contributed by atoms with E-state index in [1.54, 1.807) is 39.0 Å². The molecule has 0 heterocycles. The molecular formula is C16H24N2O6S. The summed E-state index contributed by atoms with van der Waals surface area (Å²) in [4.78, 5) is 23.2. The zero-order valence-corrected chi connectivity index (χ0v) is 15.5. The van der Waals surface area contributed by atoms with Crippen LogP contribution in [-0.4, -0.2) is 49.7 Å². The van der Waals surface area contributed by atoms with Gasteiger partial charge in [-0.1, -0.05) is 18.2 Å². The van der Waals surface area contributed by atoms with Gasteiger partial charge in [-0.2, -0.15) is 4.72 Å². The average molecular weight is 372 g/mol. The van der Waals surface area contributed by atoms with Gasteiger partial charge in [-0.05, 0) is 39.8 Å². The number of rotatable bonds is 8. The highest BCUT2D eigenvalue weighted by Crippen LogP contribution is 2.11. The first kappa shape index (κ1) is 21.1. The second-order valence-electron chi connectivity index (χ2n) is 6.48. The van der Waals surface area contributed by atoms with E-state index in [1.165, 1.54) is 19.1 Å². The van der Waals surface area contributed by atoms with Gasteiger partial charge in [0.1, 0.15) is 12.1 Å². The summed E-state index contributed by atoms with van der Waals surface area (Å²) in [5.74, 6) is -2.01. The van der Waals surface area contributed by atoms with Crippen molar-refractivity contribution in [3.05, 3.63) is 30.3 Å². The summed E-state index contributed by atoms with van der Waals surface area (Å²) in [6, 6.07) is 5.13. The highest BCUT2D eigenvalue weighted by molar-refractivity contribution is 7.89. The zero-order chi connectivity index (χ0) is 19.3. The topological polar surface area (TPSA) is 122 Å². The molecule has 1 rings (SSSR count). The average Bonchev–Trinajstić information content (AvgIpc) is 2.51. The summed E-state index contributed by atoms with van der Waals surface area (Å²) >= 11 is 0. The molecule has 2 unspecified atom stereocenters. The Morgan fingerprint density at radius 1 is 1.20 bits per heavy atom. The summed E-state index contributed by atoms with van der Waals surface area (Å²) in [6.07, 6.45) is 0. The van der Waals surface area contributed by atoms with E-state index < -0.39 is 39.6 Å². The van der Waals surface area contributed by atoms with Gasteiger partial charge in [0.05, 0.1) is 17.1 Å². The molecule has 9 heteroatoms. The molecule has 0 aromatic heterocycles. The van der Waals surface area contributed by atoms with Crippen LogP contribution >= 0.6 is 0 Å². The van der Waals surface area contributed by atoms with Gasteiger partial charge in [0.15, 0.2) is 0 Å². The summed E-state index contributed by atoms with van der Waals surface area (Å²) < 4.78 is 32.6. The van der Waals surface area contributed by atoms with Gasteiger partial charge < -0.3 is 15.2 Å². The van der Waals surface area contributed by atoms with Gasteiger partial charge in [0.2, 0.25) is 15.9 Å². The van der Waals surface area contributed by atoms with E-state index in [-0.39, 0.29) is 11.5 Å². The van der Waals surface area contributed by atoms with Gasteiger partial charge in [0.25, 0.3) is 0 Å². The van der Waals surface area contributed by atoms with Gasteiger partial charge in [-0.3, -0.25) is 9.59 Å². The van der Waals surface area contributed by atoms with Crippen LogP contribution in [0.4, 0.5) is 0 Å². The van der Waals surface area contributed by atoms with Crippen LogP contribution in [-0.2, 0) is 24.3 Å². The lowest BCUT2D eigenvalue weighted by molar-refractivity contribution is -0.142. The number of aliphatic carboxylic acids is 1. The maximum absolute atomic E-state index is 12.4. The van der Waals surface area contributed by atoms with Crippen LogP contribution in [0.25, 0.3) is 0 Å². The number of amides is 1. The summed E-state index contributed by atoms with van der Waals surface area (Å²) in [5, 5.41) is 11.1. The smallest absolute Gasteiger partial charge is 0.325 e. The van der Waals surface area contributed by atoms with Crippen molar-refractivity contribution in [3.8, 4) is 0 Å². The van der Waals surface area contributed by atoms with E-state index >= 15 is 0 Å². The molecule has 1 amide bonds. The quantitative estimate of drug-likeness (QED) is 0.619. The molecule has 25 heavy (non-hydrogen) atoms. The van der Waals surface area contributed by atoms with Crippen LogP contribution < -0.4 is 10.0 Å².